The van der Waals surface area contributed by atoms with Crippen molar-refractivity contribution in [3.8, 4) is 11.4 Å². The summed E-state index contributed by atoms with van der Waals surface area (Å²) in [7, 11) is 2.11. The minimum absolute atomic E-state index is 0.0142. The average Bonchev–Trinajstić information content (AvgIpc) is 2.96. The van der Waals surface area contributed by atoms with Crippen molar-refractivity contribution in [2.75, 3.05) is 25.9 Å². The Bertz CT molecular complexity index is 997. The Hall–Kier alpha value is -3.13. The van der Waals surface area contributed by atoms with Crippen LogP contribution in [0.25, 0.3) is 5.69 Å². The molecular weight excluding hydrogens is 360 g/mol. The molecule has 8 heteroatoms. The number of likely N-dealkylation sites (N-methyl/N-ethyl adjacent to an activating group) is 1. The van der Waals surface area contributed by atoms with Gasteiger partial charge in [-0.1, -0.05) is 6.42 Å². The second-order valence-corrected chi connectivity index (χ2v) is 7.21. The maximum Gasteiger partial charge on any atom is 0.262 e. The Kier molecular flexibility index (Phi) is 4.64. The van der Waals surface area contributed by atoms with Gasteiger partial charge >= 0.3 is 0 Å². The lowest BCUT2D eigenvalue weighted by Crippen LogP contribution is -2.40. The molecule has 3 N–H and O–H groups in total. The maximum atomic E-state index is 12.5. The number of ether oxygens (including phenoxy) is 1. The molecule has 0 saturated carbocycles. The van der Waals surface area contributed by atoms with Crippen molar-refractivity contribution >= 4 is 17.6 Å². The van der Waals surface area contributed by atoms with Gasteiger partial charge in [-0.2, -0.15) is 0 Å². The van der Waals surface area contributed by atoms with E-state index in [0.717, 1.165) is 19.0 Å². The Morgan fingerprint density at radius 2 is 1.89 bits per heavy atom. The van der Waals surface area contributed by atoms with E-state index >= 15 is 0 Å². The molecule has 0 bridgehead atoms. The number of anilines is 1. The van der Waals surface area contributed by atoms with Crippen LogP contribution in [0.3, 0.4) is 0 Å². The van der Waals surface area contributed by atoms with Gasteiger partial charge in [0.25, 0.3) is 17.4 Å². The smallest absolute Gasteiger partial charge is 0.262 e. The minimum Gasteiger partial charge on any atom is -0.492 e. The molecule has 28 heavy (non-hydrogen) atoms. The number of nitrogen functional groups attached to an aromatic ring is 1. The number of rotatable bonds is 4. The Morgan fingerprint density at radius 3 is 2.61 bits per heavy atom. The third-order valence-corrected chi connectivity index (χ3v) is 5.41. The number of piperidine rings is 1. The number of nitrogens with two attached hydrogens (primary N) is 1. The zero-order valence-corrected chi connectivity index (χ0v) is 15.6. The van der Waals surface area contributed by atoms with Crippen molar-refractivity contribution in [2.45, 2.75) is 25.3 Å². The Balaban J connectivity index is 1.56. The lowest BCUT2D eigenvalue weighted by Gasteiger charge is -2.32. The van der Waals surface area contributed by atoms with Gasteiger partial charge in [-0.25, -0.2) is 0 Å². The lowest BCUT2D eigenvalue weighted by atomic mass is 10.0. The fraction of sp³-hybridized carbons (Fsp3) is 0.350. The lowest BCUT2D eigenvalue weighted by molar-refractivity contribution is 0.0880. The van der Waals surface area contributed by atoms with Crippen LogP contribution in [0, 0.1) is 0 Å². The van der Waals surface area contributed by atoms with E-state index in [1.165, 1.54) is 17.4 Å². The number of pyridine rings is 1. The molecule has 0 spiro atoms. The molecular formula is C20H22N4O4. The van der Waals surface area contributed by atoms with Gasteiger partial charge in [-0.15, -0.1) is 0 Å². The average molecular weight is 382 g/mol. The molecule has 2 amide bonds. The van der Waals surface area contributed by atoms with Crippen LogP contribution in [-0.2, 0) is 0 Å². The van der Waals surface area contributed by atoms with Crippen molar-refractivity contribution in [3.63, 3.8) is 0 Å². The summed E-state index contributed by atoms with van der Waals surface area (Å²) in [5.74, 6) is -0.554. The van der Waals surface area contributed by atoms with Gasteiger partial charge in [0.1, 0.15) is 18.2 Å². The molecule has 0 aliphatic carbocycles. The van der Waals surface area contributed by atoms with Gasteiger partial charge < -0.3 is 15.4 Å². The number of benzene rings is 1. The quantitative estimate of drug-likeness (QED) is 0.769. The number of aromatic nitrogens is 1. The van der Waals surface area contributed by atoms with Crippen molar-refractivity contribution in [1.29, 1.82) is 0 Å². The van der Waals surface area contributed by atoms with E-state index in [-0.39, 0.29) is 16.9 Å². The van der Waals surface area contributed by atoms with Crippen LogP contribution in [0.4, 0.5) is 5.82 Å². The summed E-state index contributed by atoms with van der Waals surface area (Å²) >= 11 is 0. The second-order valence-electron chi connectivity index (χ2n) is 7.21. The Labute approximate surface area is 161 Å². The van der Waals surface area contributed by atoms with Crippen molar-refractivity contribution in [2.24, 2.45) is 0 Å². The summed E-state index contributed by atoms with van der Waals surface area (Å²) in [6.45, 7) is 1.70. The molecule has 146 valence electrons. The highest BCUT2D eigenvalue weighted by molar-refractivity contribution is 6.23. The SMILES string of the molecule is CN1CCCCC1COc1ccc(-n2c(N)c3c(cc2=O)C(=O)NC3=O)cc1. The molecule has 4 rings (SSSR count). The first-order valence-corrected chi connectivity index (χ1v) is 9.30. The van der Waals surface area contributed by atoms with Crippen LogP contribution in [0.2, 0.25) is 0 Å². The summed E-state index contributed by atoms with van der Waals surface area (Å²) < 4.78 is 7.12. The van der Waals surface area contributed by atoms with E-state index in [1.54, 1.807) is 24.3 Å². The second kappa shape index (κ2) is 7.12. The van der Waals surface area contributed by atoms with Crippen LogP contribution in [0.1, 0.15) is 40.0 Å². The number of carbonyl (C=O) groups excluding carboxylic acids is 2. The number of fused-ring (bicyclic) bond motifs is 1. The van der Waals surface area contributed by atoms with Crippen molar-refractivity contribution < 1.29 is 14.3 Å². The first-order chi connectivity index (χ1) is 13.5. The number of nitrogens with zero attached hydrogens (tertiary/aromatic N) is 2. The zero-order chi connectivity index (χ0) is 19.8. The number of nitrogens with one attached hydrogen (secondary N) is 1. The van der Waals surface area contributed by atoms with Crippen LogP contribution < -0.4 is 21.3 Å². The first kappa shape index (κ1) is 18.2. The predicted molar refractivity (Wildman–Crippen MR) is 104 cm³/mol. The number of hydrogen-bond donors (Lipinski definition) is 2. The van der Waals surface area contributed by atoms with Crippen molar-refractivity contribution in [1.82, 2.24) is 14.8 Å². The number of imide groups is 1. The van der Waals surface area contributed by atoms with Crippen molar-refractivity contribution in [3.05, 3.63) is 51.8 Å². The predicted octanol–water partition coefficient (Wildman–Crippen LogP) is 1.17. The Morgan fingerprint density at radius 1 is 1.14 bits per heavy atom. The highest BCUT2D eigenvalue weighted by Crippen LogP contribution is 2.24. The topological polar surface area (TPSA) is 107 Å². The van der Waals surface area contributed by atoms with E-state index in [9.17, 15) is 14.4 Å². The van der Waals surface area contributed by atoms with Crippen LogP contribution in [-0.4, -0.2) is 47.5 Å². The molecule has 2 aliphatic rings. The monoisotopic (exact) mass is 382 g/mol. The molecule has 1 atom stereocenters. The van der Waals surface area contributed by atoms with E-state index in [4.69, 9.17) is 10.5 Å². The summed E-state index contributed by atoms with van der Waals surface area (Å²) in [5, 5.41) is 2.16. The van der Waals surface area contributed by atoms with E-state index < -0.39 is 17.4 Å². The molecule has 0 radical (unpaired) electrons. The number of likely N-dealkylation sites (tertiary alicyclic amines) is 1. The third-order valence-electron chi connectivity index (χ3n) is 5.41. The van der Waals surface area contributed by atoms with Crippen LogP contribution in [0.15, 0.2) is 35.1 Å². The molecule has 1 aromatic carbocycles. The zero-order valence-electron chi connectivity index (χ0n) is 15.6. The van der Waals surface area contributed by atoms with Gasteiger partial charge in [0.15, 0.2) is 0 Å². The molecule has 1 fully saturated rings. The van der Waals surface area contributed by atoms with Gasteiger partial charge in [0.05, 0.1) is 16.8 Å². The van der Waals surface area contributed by atoms with Gasteiger partial charge in [-0.3, -0.25) is 24.3 Å². The normalized spacial score (nSPS) is 19.4. The van der Waals surface area contributed by atoms with Crippen LogP contribution in [0.5, 0.6) is 5.75 Å². The largest absolute Gasteiger partial charge is 0.492 e. The number of carbonyl (C=O) groups is 2. The number of hydrogen-bond acceptors (Lipinski definition) is 6. The molecule has 1 unspecified atom stereocenters. The third kappa shape index (κ3) is 3.16. The molecule has 1 saturated heterocycles. The molecule has 2 aromatic rings. The summed E-state index contributed by atoms with van der Waals surface area (Å²) in [6.07, 6.45) is 3.56. The fourth-order valence-corrected chi connectivity index (χ4v) is 3.78. The van der Waals surface area contributed by atoms with E-state index in [0.29, 0.717) is 24.1 Å². The first-order valence-electron chi connectivity index (χ1n) is 9.30. The van der Waals surface area contributed by atoms with Gasteiger partial charge in [0.2, 0.25) is 0 Å². The number of amides is 2. The molecule has 3 heterocycles. The summed E-state index contributed by atoms with van der Waals surface area (Å²) in [6, 6.07) is 8.48. The molecule has 2 aliphatic heterocycles. The van der Waals surface area contributed by atoms with Gasteiger partial charge in [0, 0.05) is 12.1 Å². The van der Waals surface area contributed by atoms with E-state index in [1.807, 2.05) is 0 Å². The maximum absolute atomic E-state index is 12.5. The molecule has 1 aromatic heterocycles. The minimum atomic E-state index is -0.604. The molecule has 8 nitrogen and oxygen atoms in total. The fourth-order valence-electron chi connectivity index (χ4n) is 3.78. The summed E-state index contributed by atoms with van der Waals surface area (Å²) in [5.41, 5.74) is 6.12. The standard InChI is InChI=1S/C20H22N4O4/c1-23-9-3-2-4-13(23)11-28-14-7-5-12(6-8-14)24-16(25)10-15-17(18(24)21)20(27)22-19(15)26/h5-8,10,13H,2-4,9,11,21H2,1H3,(H,22,26,27). The summed E-state index contributed by atoms with van der Waals surface area (Å²) in [4.78, 5) is 38.5. The highest BCUT2D eigenvalue weighted by Gasteiger charge is 2.31. The van der Waals surface area contributed by atoms with Gasteiger partial charge in [-0.05, 0) is 50.7 Å². The highest BCUT2D eigenvalue weighted by atomic mass is 16.5. The van der Waals surface area contributed by atoms with E-state index in [2.05, 4.69) is 17.3 Å². The van der Waals surface area contributed by atoms with Crippen LogP contribution >= 0.6 is 0 Å².